The van der Waals surface area contributed by atoms with Gasteiger partial charge in [0.25, 0.3) is 5.56 Å². The second-order valence-corrected chi connectivity index (χ2v) is 8.73. The van der Waals surface area contributed by atoms with Crippen molar-refractivity contribution in [1.29, 1.82) is 0 Å². The average Bonchev–Trinajstić information content (AvgIpc) is 3.17. The molecule has 10 heteroatoms. The summed E-state index contributed by atoms with van der Waals surface area (Å²) < 4.78 is 7.17. The number of fused-ring (bicyclic) bond motifs is 1. The average molecular weight is 453 g/mol. The Hall–Kier alpha value is -1.94. The zero-order valence-corrected chi connectivity index (χ0v) is 18.4. The Kier molecular flexibility index (Phi) is 7.65. The maximum atomic E-state index is 13.0. The minimum Gasteiger partial charge on any atom is -0.379 e. The fraction of sp³-hybridized carbons (Fsp3) is 0.368. The van der Waals surface area contributed by atoms with Crippen LogP contribution >= 0.6 is 34.7 Å². The largest absolute Gasteiger partial charge is 0.379 e. The van der Waals surface area contributed by atoms with Crippen LogP contribution in [0, 0.1) is 0 Å². The lowest BCUT2D eigenvalue weighted by Gasteiger charge is -2.14. The monoisotopic (exact) mass is 452 g/mol. The Bertz CT molecular complexity index is 1040. The quantitative estimate of drug-likeness (QED) is 0.299. The molecule has 0 spiro atoms. The highest BCUT2D eigenvalue weighted by molar-refractivity contribution is 7.99. The van der Waals surface area contributed by atoms with Gasteiger partial charge in [-0.15, -0.1) is 11.3 Å². The van der Waals surface area contributed by atoms with Gasteiger partial charge in [0.1, 0.15) is 0 Å². The molecule has 1 amide bonds. The van der Waals surface area contributed by atoms with Crippen LogP contribution in [0.25, 0.3) is 10.9 Å². The number of carbonyl (C=O) groups excluding carboxylic acids is 1. The van der Waals surface area contributed by atoms with E-state index in [0.717, 1.165) is 0 Å². The molecular weight excluding hydrogens is 432 g/mol. The number of halogens is 1. The summed E-state index contributed by atoms with van der Waals surface area (Å²) in [6.07, 6.45) is 2.42. The van der Waals surface area contributed by atoms with Gasteiger partial charge < -0.3 is 10.1 Å². The number of nitrogens with zero attached hydrogens (tertiary/aromatic N) is 3. The van der Waals surface area contributed by atoms with Crippen LogP contribution < -0.4 is 10.9 Å². The van der Waals surface area contributed by atoms with Crippen molar-refractivity contribution in [2.45, 2.75) is 38.1 Å². The smallest absolute Gasteiger partial charge is 0.262 e. The van der Waals surface area contributed by atoms with Crippen LogP contribution in [0.2, 0.25) is 5.02 Å². The van der Waals surface area contributed by atoms with Crippen LogP contribution in [0.1, 0.15) is 20.3 Å². The van der Waals surface area contributed by atoms with Gasteiger partial charge in [0.15, 0.2) is 10.3 Å². The molecule has 0 bridgehead atoms. The number of ether oxygens (including phenoxy) is 1. The number of anilines is 1. The summed E-state index contributed by atoms with van der Waals surface area (Å²) in [5.41, 5.74) is 0.360. The highest BCUT2D eigenvalue weighted by Gasteiger charge is 2.14. The van der Waals surface area contributed by atoms with Gasteiger partial charge in [-0.05, 0) is 38.5 Å². The Morgan fingerprint density at radius 2 is 2.24 bits per heavy atom. The summed E-state index contributed by atoms with van der Waals surface area (Å²) in [7, 11) is 0. The molecule has 0 saturated heterocycles. The molecule has 1 aromatic carbocycles. The van der Waals surface area contributed by atoms with E-state index in [1.165, 1.54) is 23.1 Å². The predicted octanol–water partition coefficient (Wildman–Crippen LogP) is 4.05. The zero-order chi connectivity index (χ0) is 20.8. The van der Waals surface area contributed by atoms with Gasteiger partial charge in [-0.1, -0.05) is 23.4 Å². The Morgan fingerprint density at radius 1 is 1.41 bits per heavy atom. The molecular formula is C19H21ClN4O3S2. The lowest BCUT2D eigenvalue weighted by atomic mass is 10.2. The maximum Gasteiger partial charge on any atom is 0.262 e. The standard InChI is InChI=1S/C19H21ClN4O3S2/c1-12(2)27-8-3-7-24-17(26)14-5-4-13(20)10-15(14)22-19(24)29-11-16(25)23-18-21-6-9-28-18/h4-6,9-10,12H,3,7-8,11H2,1-2H3,(H,21,23,25). The number of aromatic nitrogens is 3. The van der Waals surface area contributed by atoms with Crippen molar-refractivity contribution >= 4 is 56.6 Å². The van der Waals surface area contributed by atoms with Crippen molar-refractivity contribution in [3.8, 4) is 0 Å². The molecule has 0 aliphatic heterocycles. The van der Waals surface area contributed by atoms with Gasteiger partial charge in [0, 0.05) is 29.8 Å². The number of hydrogen-bond donors (Lipinski definition) is 1. The molecule has 3 aromatic rings. The fourth-order valence-electron chi connectivity index (χ4n) is 2.59. The Balaban J connectivity index is 1.81. The summed E-state index contributed by atoms with van der Waals surface area (Å²) in [4.78, 5) is 33.8. The van der Waals surface area contributed by atoms with Crippen LogP contribution in [0.5, 0.6) is 0 Å². The number of hydrogen-bond acceptors (Lipinski definition) is 7. The van der Waals surface area contributed by atoms with E-state index in [1.807, 2.05) is 13.8 Å². The van der Waals surface area contributed by atoms with Gasteiger partial charge in [0.2, 0.25) is 5.91 Å². The zero-order valence-electron chi connectivity index (χ0n) is 16.1. The van der Waals surface area contributed by atoms with Gasteiger partial charge >= 0.3 is 0 Å². The van der Waals surface area contributed by atoms with Crippen molar-refractivity contribution in [3.63, 3.8) is 0 Å². The van der Waals surface area contributed by atoms with Crippen LogP contribution in [-0.4, -0.2) is 38.9 Å². The van der Waals surface area contributed by atoms with Gasteiger partial charge in [-0.3, -0.25) is 14.2 Å². The SMILES string of the molecule is CC(C)OCCCn1c(SCC(=O)Nc2nccs2)nc2cc(Cl)ccc2c1=O. The predicted molar refractivity (Wildman–Crippen MR) is 118 cm³/mol. The van der Waals surface area contributed by atoms with Crippen LogP contribution in [-0.2, 0) is 16.1 Å². The molecule has 0 saturated carbocycles. The molecule has 29 heavy (non-hydrogen) atoms. The van der Waals surface area contributed by atoms with Gasteiger partial charge in [-0.25, -0.2) is 9.97 Å². The number of amides is 1. The topological polar surface area (TPSA) is 86.1 Å². The van der Waals surface area contributed by atoms with Crippen molar-refractivity contribution in [2.75, 3.05) is 17.7 Å². The first-order chi connectivity index (χ1) is 13.9. The highest BCUT2D eigenvalue weighted by Crippen LogP contribution is 2.21. The second-order valence-electron chi connectivity index (χ2n) is 6.46. The van der Waals surface area contributed by atoms with E-state index in [0.29, 0.717) is 45.8 Å². The molecule has 0 unspecified atom stereocenters. The highest BCUT2D eigenvalue weighted by atomic mass is 35.5. The minimum absolute atomic E-state index is 0.112. The van der Waals surface area contributed by atoms with Gasteiger partial charge in [0.05, 0.1) is 22.8 Å². The third kappa shape index (κ3) is 6.02. The fourth-order valence-corrected chi connectivity index (χ4v) is 4.13. The van der Waals surface area contributed by atoms with Gasteiger partial charge in [-0.2, -0.15) is 0 Å². The summed E-state index contributed by atoms with van der Waals surface area (Å²) in [6.45, 7) is 4.93. The summed E-state index contributed by atoms with van der Waals surface area (Å²) in [5, 5.41) is 6.53. The molecule has 154 valence electrons. The Morgan fingerprint density at radius 3 is 2.97 bits per heavy atom. The van der Waals surface area contributed by atoms with E-state index in [4.69, 9.17) is 16.3 Å². The molecule has 1 N–H and O–H groups in total. The molecule has 3 rings (SSSR count). The van der Waals surface area contributed by atoms with Crippen molar-refractivity contribution < 1.29 is 9.53 Å². The third-order valence-corrected chi connectivity index (χ3v) is 5.77. The maximum absolute atomic E-state index is 13.0. The molecule has 0 aliphatic carbocycles. The first-order valence-corrected chi connectivity index (χ1v) is 11.3. The van der Waals surface area contributed by atoms with E-state index in [-0.39, 0.29) is 23.3 Å². The summed E-state index contributed by atoms with van der Waals surface area (Å²) in [6, 6.07) is 5.01. The molecule has 2 aromatic heterocycles. The number of thioether (sulfide) groups is 1. The molecule has 0 fully saturated rings. The first kappa shape index (κ1) is 21.8. The van der Waals surface area contributed by atoms with E-state index < -0.39 is 0 Å². The minimum atomic E-state index is -0.208. The van der Waals surface area contributed by atoms with Crippen LogP contribution in [0.3, 0.4) is 0 Å². The van der Waals surface area contributed by atoms with Crippen molar-refractivity contribution in [1.82, 2.24) is 14.5 Å². The lowest BCUT2D eigenvalue weighted by molar-refractivity contribution is -0.113. The molecule has 0 aliphatic rings. The molecule has 7 nitrogen and oxygen atoms in total. The Labute approximate surface area is 181 Å². The summed E-state index contributed by atoms with van der Waals surface area (Å²) >= 11 is 8.62. The number of carbonyl (C=O) groups is 1. The first-order valence-electron chi connectivity index (χ1n) is 9.08. The van der Waals surface area contributed by atoms with E-state index in [1.54, 1.807) is 34.3 Å². The number of benzene rings is 1. The third-order valence-electron chi connectivity index (χ3n) is 3.87. The number of rotatable bonds is 9. The van der Waals surface area contributed by atoms with E-state index >= 15 is 0 Å². The molecule has 2 heterocycles. The lowest BCUT2D eigenvalue weighted by Crippen LogP contribution is -2.25. The van der Waals surface area contributed by atoms with E-state index in [9.17, 15) is 9.59 Å². The van der Waals surface area contributed by atoms with Crippen molar-refractivity contribution in [3.05, 3.63) is 45.2 Å². The van der Waals surface area contributed by atoms with Crippen LogP contribution in [0.15, 0.2) is 39.7 Å². The molecule has 0 atom stereocenters. The number of nitrogens with one attached hydrogen (secondary N) is 1. The van der Waals surface area contributed by atoms with Crippen LogP contribution in [0.4, 0.5) is 5.13 Å². The van der Waals surface area contributed by atoms with Crippen molar-refractivity contribution in [2.24, 2.45) is 0 Å². The van der Waals surface area contributed by atoms with E-state index in [2.05, 4.69) is 15.3 Å². The molecule has 0 radical (unpaired) electrons. The number of thiazole rings is 1. The normalized spacial score (nSPS) is 11.3. The summed E-state index contributed by atoms with van der Waals surface area (Å²) in [5.74, 6) is -0.0966. The second kappa shape index (κ2) is 10.2.